The first kappa shape index (κ1) is 14.6. The average molecular weight is 337 g/mol. The molecule has 3 rings (SSSR count). The van der Waals surface area contributed by atoms with Gasteiger partial charge in [-0.25, -0.2) is 9.97 Å². The Morgan fingerprint density at radius 1 is 1.24 bits per heavy atom. The fourth-order valence-electron chi connectivity index (χ4n) is 1.76. The van der Waals surface area contributed by atoms with Gasteiger partial charge in [0, 0.05) is 21.7 Å². The van der Waals surface area contributed by atoms with Gasteiger partial charge in [0.05, 0.1) is 10.7 Å². The molecule has 0 aliphatic heterocycles. The smallest absolute Gasteiger partial charge is 0.209 e. The molecule has 0 fully saturated rings. The fraction of sp³-hybridized carbons (Fsp3) is 0.214. The highest BCUT2D eigenvalue weighted by molar-refractivity contribution is 7.98. The second kappa shape index (κ2) is 6.60. The van der Waals surface area contributed by atoms with Gasteiger partial charge in [-0.2, -0.15) is 0 Å². The van der Waals surface area contributed by atoms with Gasteiger partial charge >= 0.3 is 0 Å². The Kier molecular flexibility index (Phi) is 4.57. The Morgan fingerprint density at radius 3 is 2.76 bits per heavy atom. The zero-order chi connectivity index (χ0) is 14.7. The molecule has 1 aromatic carbocycles. The van der Waals surface area contributed by atoms with Crippen molar-refractivity contribution < 1.29 is 0 Å². The van der Waals surface area contributed by atoms with Crippen LogP contribution in [0.15, 0.2) is 34.8 Å². The number of thiazole rings is 1. The van der Waals surface area contributed by atoms with Gasteiger partial charge in [-0.3, -0.25) is 5.10 Å². The number of thioether (sulfide) groups is 1. The molecule has 0 bridgehead atoms. The monoisotopic (exact) mass is 336 g/mol. The average Bonchev–Trinajstić information content (AvgIpc) is 3.15. The molecule has 1 N–H and O–H groups in total. The first-order valence-corrected chi connectivity index (χ1v) is 8.73. The molecular weight excluding hydrogens is 324 g/mol. The maximum Gasteiger partial charge on any atom is 0.209 e. The molecule has 21 heavy (non-hydrogen) atoms. The van der Waals surface area contributed by atoms with Crippen LogP contribution in [0.25, 0.3) is 11.4 Å². The van der Waals surface area contributed by atoms with Crippen molar-refractivity contribution in [3.8, 4) is 11.4 Å². The number of H-pyrrole nitrogens is 1. The summed E-state index contributed by atoms with van der Waals surface area (Å²) in [7, 11) is 0. The minimum atomic E-state index is 0.711. The number of nitrogens with one attached hydrogen (secondary N) is 1. The molecule has 2 heterocycles. The SMILES string of the molecule is CCc1nc(CSc2n[nH]c(-c3ccc(Cl)cc3)n2)cs1. The van der Waals surface area contributed by atoms with E-state index in [1.165, 1.54) is 5.01 Å². The maximum absolute atomic E-state index is 5.88. The Bertz CT molecular complexity index is 721. The van der Waals surface area contributed by atoms with E-state index < -0.39 is 0 Å². The lowest BCUT2D eigenvalue weighted by molar-refractivity contribution is 0.971. The van der Waals surface area contributed by atoms with Crippen LogP contribution in [0.1, 0.15) is 17.6 Å². The summed E-state index contributed by atoms with van der Waals surface area (Å²) in [6, 6.07) is 7.53. The molecule has 7 heteroatoms. The van der Waals surface area contributed by atoms with Crippen molar-refractivity contribution in [1.29, 1.82) is 0 Å². The van der Waals surface area contributed by atoms with E-state index in [4.69, 9.17) is 11.6 Å². The number of halogens is 1. The Morgan fingerprint density at radius 2 is 2.05 bits per heavy atom. The molecule has 0 radical (unpaired) electrons. The number of aromatic nitrogens is 4. The van der Waals surface area contributed by atoms with Crippen molar-refractivity contribution >= 4 is 34.7 Å². The summed E-state index contributed by atoms with van der Waals surface area (Å²) in [5.74, 6) is 1.54. The molecular formula is C14H13ClN4S2. The van der Waals surface area contributed by atoms with Crippen LogP contribution in [0.4, 0.5) is 0 Å². The Labute approximate surface area is 136 Å². The second-order valence-electron chi connectivity index (χ2n) is 4.35. The van der Waals surface area contributed by atoms with Crippen LogP contribution >= 0.6 is 34.7 Å². The first-order valence-electron chi connectivity index (χ1n) is 6.49. The van der Waals surface area contributed by atoms with Crippen molar-refractivity contribution in [2.75, 3.05) is 0 Å². The first-order chi connectivity index (χ1) is 10.2. The maximum atomic E-state index is 5.88. The summed E-state index contributed by atoms with van der Waals surface area (Å²) < 4.78 is 0. The van der Waals surface area contributed by atoms with E-state index >= 15 is 0 Å². The lowest BCUT2D eigenvalue weighted by Gasteiger charge is -1.95. The number of benzene rings is 1. The zero-order valence-electron chi connectivity index (χ0n) is 11.3. The normalized spacial score (nSPS) is 11.0. The molecule has 0 spiro atoms. The molecule has 4 nitrogen and oxygen atoms in total. The summed E-state index contributed by atoms with van der Waals surface area (Å²) in [5.41, 5.74) is 2.06. The predicted octanol–water partition coefficient (Wildman–Crippen LogP) is 4.44. The van der Waals surface area contributed by atoms with Crippen LogP contribution in [0.2, 0.25) is 5.02 Å². The third-order valence-electron chi connectivity index (χ3n) is 2.83. The van der Waals surface area contributed by atoms with Crippen LogP contribution in [-0.2, 0) is 12.2 Å². The standard InChI is InChI=1S/C14H13ClN4S2/c1-2-12-16-11(7-20-12)8-21-14-17-13(18-19-14)9-3-5-10(15)6-4-9/h3-7H,2,8H2,1H3,(H,17,18,19). The van der Waals surface area contributed by atoms with E-state index in [0.29, 0.717) is 5.02 Å². The summed E-state index contributed by atoms with van der Waals surface area (Å²) in [5, 5.41) is 11.9. The minimum absolute atomic E-state index is 0.711. The van der Waals surface area contributed by atoms with Crippen LogP contribution in [-0.4, -0.2) is 20.2 Å². The third-order valence-corrected chi connectivity index (χ3v) is 5.01. The van der Waals surface area contributed by atoms with Crippen molar-refractivity contribution in [2.24, 2.45) is 0 Å². The second-order valence-corrected chi connectivity index (χ2v) is 6.67. The summed E-state index contributed by atoms with van der Waals surface area (Å²) in [6.45, 7) is 2.11. The topological polar surface area (TPSA) is 54.5 Å². The highest BCUT2D eigenvalue weighted by Crippen LogP contribution is 2.24. The fourth-order valence-corrected chi connectivity index (χ4v) is 3.43. The number of hydrogen-bond acceptors (Lipinski definition) is 5. The molecule has 0 atom stereocenters. The van der Waals surface area contributed by atoms with Crippen molar-refractivity contribution in [2.45, 2.75) is 24.3 Å². The van der Waals surface area contributed by atoms with Crippen molar-refractivity contribution in [3.05, 3.63) is 45.4 Å². The molecule has 3 aromatic rings. The van der Waals surface area contributed by atoms with Gasteiger partial charge in [-0.1, -0.05) is 30.3 Å². The van der Waals surface area contributed by atoms with E-state index in [1.54, 1.807) is 23.1 Å². The molecule has 0 saturated carbocycles. The Hall–Kier alpha value is -1.37. The van der Waals surface area contributed by atoms with Gasteiger partial charge in [0.25, 0.3) is 0 Å². The quantitative estimate of drug-likeness (QED) is 0.700. The van der Waals surface area contributed by atoms with Crippen LogP contribution in [0.5, 0.6) is 0 Å². The van der Waals surface area contributed by atoms with Crippen LogP contribution < -0.4 is 0 Å². The van der Waals surface area contributed by atoms with Gasteiger partial charge in [0.15, 0.2) is 5.82 Å². The molecule has 0 saturated heterocycles. The van der Waals surface area contributed by atoms with E-state index in [9.17, 15) is 0 Å². The van der Waals surface area contributed by atoms with E-state index in [0.717, 1.165) is 34.4 Å². The van der Waals surface area contributed by atoms with Crippen LogP contribution in [0, 0.1) is 0 Å². The molecule has 2 aromatic heterocycles. The van der Waals surface area contributed by atoms with Gasteiger partial charge in [0.2, 0.25) is 5.16 Å². The van der Waals surface area contributed by atoms with E-state index in [1.807, 2.05) is 24.3 Å². The Balaban J connectivity index is 1.66. The van der Waals surface area contributed by atoms with E-state index in [-0.39, 0.29) is 0 Å². The summed E-state index contributed by atoms with van der Waals surface area (Å²) in [4.78, 5) is 9.02. The lowest BCUT2D eigenvalue weighted by Crippen LogP contribution is -1.84. The lowest BCUT2D eigenvalue weighted by atomic mass is 10.2. The summed E-state index contributed by atoms with van der Waals surface area (Å²) in [6.07, 6.45) is 0.983. The van der Waals surface area contributed by atoms with Crippen molar-refractivity contribution in [1.82, 2.24) is 20.2 Å². The number of aryl methyl sites for hydroxylation is 1. The minimum Gasteiger partial charge on any atom is -0.258 e. The highest BCUT2D eigenvalue weighted by atomic mass is 35.5. The largest absolute Gasteiger partial charge is 0.258 e. The molecule has 0 aliphatic carbocycles. The molecule has 0 amide bonds. The van der Waals surface area contributed by atoms with Gasteiger partial charge < -0.3 is 0 Å². The van der Waals surface area contributed by atoms with Gasteiger partial charge in [-0.15, -0.1) is 16.4 Å². The van der Waals surface area contributed by atoms with Gasteiger partial charge in [-0.05, 0) is 30.7 Å². The predicted molar refractivity (Wildman–Crippen MR) is 87.9 cm³/mol. The third kappa shape index (κ3) is 3.64. The number of nitrogens with zero attached hydrogens (tertiary/aromatic N) is 3. The van der Waals surface area contributed by atoms with Gasteiger partial charge in [0.1, 0.15) is 0 Å². The summed E-state index contributed by atoms with van der Waals surface area (Å²) >= 11 is 9.16. The number of rotatable bonds is 5. The van der Waals surface area contributed by atoms with E-state index in [2.05, 4.69) is 32.5 Å². The number of hydrogen-bond donors (Lipinski definition) is 1. The van der Waals surface area contributed by atoms with Crippen molar-refractivity contribution in [3.63, 3.8) is 0 Å². The number of aromatic amines is 1. The molecule has 108 valence electrons. The highest BCUT2D eigenvalue weighted by Gasteiger charge is 2.08. The zero-order valence-corrected chi connectivity index (χ0v) is 13.7. The van der Waals surface area contributed by atoms with Crippen LogP contribution in [0.3, 0.4) is 0 Å². The molecule has 0 aliphatic rings. The molecule has 0 unspecified atom stereocenters.